The van der Waals surface area contributed by atoms with E-state index in [4.69, 9.17) is 19.3 Å². The molecule has 1 aliphatic heterocycles. The van der Waals surface area contributed by atoms with Crippen molar-refractivity contribution in [2.24, 2.45) is 0 Å². The van der Waals surface area contributed by atoms with Crippen molar-refractivity contribution in [1.29, 1.82) is 0 Å². The number of carbonyl (C=O) groups excluding carboxylic acids is 1. The van der Waals surface area contributed by atoms with Gasteiger partial charge in [-0.2, -0.15) is 0 Å². The van der Waals surface area contributed by atoms with Crippen molar-refractivity contribution in [3.05, 3.63) is 0 Å². The molecule has 0 spiro atoms. The molecule has 1 N–H and O–H groups in total. The number of hydrogen-bond acceptors (Lipinski definition) is 5. The second-order valence-corrected chi connectivity index (χ2v) is 4.99. The topological polar surface area (TPSA) is 68.2 Å². The van der Waals surface area contributed by atoms with Crippen LogP contribution in [0.1, 0.15) is 20.8 Å². The van der Waals surface area contributed by atoms with E-state index in [1.807, 2.05) is 20.8 Å². The van der Waals surface area contributed by atoms with Crippen LogP contribution in [0, 0.1) is 0 Å². The van der Waals surface area contributed by atoms with Gasteiger partial charge in [-0.3, -0.25) is 0 Å². The first kappa shape index (κ1) is 14.2. The monoisotopic (exact) mass is 247 g/mol. The molecule has 0 aromatic heterocycles. The van der Waals surface area contributed by atoms with Crippen LogP contribution in [0.2, 0.25) is 0 Å². The molecule has 17 heavy (non-hydrogen) atoms. The van der Waals surface area contributed by atoms with Gasteiger partial charge in [-0.1, -0.05) is 0 Å². The first-order valence-corrected chi connectivity index (χ1v) is 5.62. The molecular formula is C11H21NO5. The van der Waals surface area contributed by atoms with E-state index < -0.39 is 24.1 Å². The summed E-state index contributed by atoms with van der Waals surface area (Å²) >= 11 is 0. The van der Waals surface area contributed by atoms with Crippen LogP contribution in [0.3, 0.4) is 0 Å². The summed E-state index contributed by atoms with van der Waals surface area (Å²) in [6.45, 7) is 5.89. The molecule has 6 heteroatoms. The van der Waals surface area contributed by atoms with E-state index in [-0.39, 0.29) is 6.61 Å². The van der Waals surface area contributed by atoms with Crippen molar-refractivity contribution < 1.29 is 24.1 Å². The van der Waals surface area contributed by atoms with Crippen molar-refractivity contribution in [3.63, 3.8) is 0 Å². The van der Waals surface area contributed by atoms with Gasteiger partial charge in [-0.25, -0.2) is 4.79 Å². The Morgan fingerprint density at radius 2 is 2.12 bits per heavy atom. The lowest BCUT2D eigenvalue weighted by Gasteiger charge is -2.37. The Kier molecular flexibility index (Phi) is 4.73. The Balaban J connectivity index is 2.59. The molecule has 6 nitrogen and oxygen atoms in total. The summed E-state index contributed by atoms with van der Waals surface area (Å²) < 4.78 is 15.7. The number of amides is 1. The highest BCUT2D eigenvalue weighted by atomic mass is 16.7. The highest BCUT2D eigenvalue weighted by Crippen LogP contribution is 2.16. The summed E-state index contributed by atoms with van der Waals surface area (Å²) in [5.74, 6) is 0. The van der Waals surface area contributed by atoms with Crippen molar-refractivity contribution in [1.82, 2.24) is 4.90 Å². The Morgan fingerprint density at radius 1 is 1.47 bits per heavy atom. The molecule has 1 heterocycles. The molecule has 0 unspecified atom stereocenters. The Morgan fingerprint density at radius 3 is 2.59 bits per heavy atom. The number of nitrogens with zero attached hydrogens (tertiary/aromatic N) is 1. The number of aliphatic hydroxyl groups excluding tert-OH is 1. The fourth-order valence-corrected chi connectivity index (χ4v) is 1.51. The lowest BCUT2D eigenvalue weighted by molar-refractivity contribution is -0.202. The van der Waals surface area contributed by atoms with Crippen molar-refractivity contribution in [3.8, 4) is 0 Å². The van der Waals surface area contributed by atoms with Gasteiger partial charge in [-0.05, 0) is 20.8 Å². The van der Waals surface area contributed by atoms with Gasteiger partial charge in [0, 0.05) is 7.11 Å². The van der Waals surface area contributed by atoms with Crippen LogP contribution in [-0.4, -0.2) is 60.9 Å². The average Bonchev–Trinajstić information content (AvgIpc) is 2.26. The molecule has 0 radical (unpaired) electrons. The van der Waals surface area contributed by atoms with E-state index in [0.29, 0.717) is 13.1 Å². The number of rotatable bonds is 2. The van der Waals surface area contributed by atoms with Crippen LogP contribution in [0.15, 0.2) is 0 Å². The van der Waals surface area contributed by atoms with Crippen molar-refractivity contribution >= 4 is 6.09 Å². The molecule has 0 aromatic rings. The second-order valence-electron chi connectivity index (χ2n) is 4.99. The fourth-order valence-electron chi connectivity index (χ4n) is 1.51. The molecule has 0 bridgehead atoms. The van der Waals surface area contributed by atoms with E-state index in [9.17, 15) is 4.79 Å². The van der Waals surface area contributed by atoms with Crippen LogP contribution >= 0.6 is 0 Å². The summed E-state index contributed by atoms with van der Waals surface area (Å²) in [6.07, 6.45) is -1.36. The standard InChI is InChI=1S/C11H21NO5/c1-11(2,3)17-10(14)12-5-8(7-13)16-9(6-12)15-4/h8-9,13H,5-7H2,1-4H3/t8-,9-/m0/s1. The molecule has 1 aliphatic rings. The highest BCUT2D eigenvalue weighted by Gasteiger charge is 2.32. The van der Waals surface area contributed by atoms with E-state index in [1.54, 1.807) is 0 Å². The maximum atomic E-state index is 11.8. The number of morpholine rings is 1. The summed E-state index contributed by atoms with van der Waals surface area (Å²) in [6, 6.07) is 0. The van der Waals surface area contributed by atoms with Crippen molar-refractivity contribution in [2.45, 2.75) is 38.8 Å². The van der Waals surface area contributed by atoms with Gasteiger partial charge in [0.15, 0.2) is 6.29 Å². The quantitative estimate of drug-likeness (QED) is 0.773. The molecule has 100 valence electrons. The van der Waals surface area contributed by atoms with E-state index in [1.165, 1.54) is 12.0 Å². The van der Waals surface area contributed by atoms with Gasteiger partial charge in [0.1, 0.15) is 11.7 Å². The highest BCUT2D eigenvalue weighted by molar-refractivity contribution is 5.68. The molecule has 0 aromatic carbocycles. The van der Waals surface area contributed by atoms with Crippen LogP contribution in [0.4, 0.5) is 4.79 Å². The normalized spacial score (nSPS) is 25.8. The molecule has 1 fully saturated rings. The summed E-state index contributed by atoms with van der Waals surface area (Å²) in [7, 11) is 1.50. The van der Waals surface area contributed by atoms with Crippen LogP contribution in [0.25, 0.3) is 0 Å². The molecular weight excluding hydrogens is 226 g/mol. The number of methoxy groups -OCH3 is 1. The first-order chi connectivity index (χ1) is 7.85. The largest absolute Gasteiger partial charge is 0.444 e. The number of carbonyl (C=O) groups is 1. The number of aliphatic hydroxyl groups is 1. The van der Waals surface area contributed by atoms with E-state index in [0.717, 1.165) is 0 Å². The third-order valence-electron chi connectivity index (χ3n) is 2.26. The Hall–Kier alpha value is -0.850. The molecule has 2 atom stereocenters. The minimum Gasteiger partial charge on any atom is -0.444 e. The molecule has 0 saturated carbocycles. The second kappa shape index (κ2) is 5.66. The van der Waals surface area contributed by atoms with Gasteiger partial charge in [-0.15, -0.1) is 0 Å². The minimum atomic E-state index is -0.535. The smallest absolute Gasteiger partial charge is 0.410 e. The Labute approximate surface area is 101 Å². The summed E-state index contributed by atoms with van der Waals surface area (Å²) in [5, 5.41) is 9.08. The maximum absolute atomic E-state index is 11.8. The van der Waals surface area contributed by atoms with Gasteiger partial charge >= 0.3 is 6.09 Å². The SMILES string of the molecule is CO[C@@H]1CN(C(=O)OC(C)(C)C)C[C@@H](CO)O1. The van der Waals surface area contributed by atoms with E-state index in [2.05, 4.69) is 0 Å². The lowest BCUT2D eigenvalue weighted by Crippen LogP contribution is -2.52. The van der Waals surface area contributed by atoms with E-state index >= 15 is 0 Å². The van der Waals surface area contributed by atoms with Gasteiger partial charge in [0.05, 0.1) is 19.7 Å². The predicted molar refractivity (Wildman–Crippen MR) is 60.6 cm³/mol. The number of hydrogen-bond donors (Lipinski definition) is 1. The minimum absolute atomic E-state index is 0.154. The molecule has 1 amide bonds. The van der Waals surface area contributed by atoms with Crippen LogP contribution in [-0.2, 0) is 14.2 Å². The third-order valence-corrected chi connectivity index (χ3v) is 2.26. The third kappa shape index (κ3) is 4.49. The predicted octanol–water partition coefficient (Wildman–Crippen LogP) is 0.587. The van der Waals surface area contributed by atoms with Gasteiger partial charge in [0.2, 0.25) is 0 Å². The van der Waals surface area contributed by atoms with Crippen LogP contribution in [0.5, 0.6) is 0 Å². The fraction of sp³-hybridized carbons (Fsp3) is 0.909. The average molecular weight is 247 g/mol. The Bertz CT molecular complexity index is 251. The lowest BCUT2D eigenvalue weighted by atomic mass is 10.2. The summed E-state index contributed by atoms with van der Waals surface area (Å²) in [4.78, 5) is 13.3. The zero-order valence-corrected chi connectivity index (χ0v) is 10.8. The van der Waals surface area contributed by atoms with Crippen LogP contribution < -0.4 is 0 Å². The molecule has 1 saturated heterocycles. The van der Waals surface area contributed by atoms with Crippen molar-refractivity contribution in [2.75, 3.05) is 26.8 Å². The zero-order chi connectivity index (χ0) is 13.1. The zero-order valence-electron chi connectivity index (χ0n) is 10.8. The summed E-state index contributed by atoms with van der Waals surface area (Å²) in [5.41, 5.74) is -0.535. The number of ether oxygens (including phenoxy) is 3. The molecule has 1 rings (SSSR count). The van der Waals surface area contributed by atoms with Gasteiger partial charge < -0.3 is 24.2 Å². The maximum Gasteiger partial charge on any atom is 0.410 e. The first-order valence-electron chi connectivity index (χ1n) is 5.62. The van der Waals surface area contributed by atoms with Gasteiger partial charge in [0.25, 0.3) is 0 Å². The molecule has 0 aliphatic carbocycles.